The molecule has 0 saturated carbocycles. The molecule has 3 aromatic rings. The third kappa shape index (κ3) is 5.01. The number of nitrogens with zero attached hydrogens (tertiary/aromatic N) is 4. The molecule has 1 aliphatic rings. The molecule has 11 heteroatoms. The molecule has 6 nitrogen and oxygen atoms in total. The van der Waals surface area contributed by atoms with Gasteiger partial charge in [-0.3, -0.25) is 14.2 Å². The van der Waals surface area contributed by atoms with Gasteiger partial charge in [0.2, 0.25) is 5.91 Å². The van der Waals surface area contributed by atoms with Crippen molar-refractivity contribution < 1.29 is 18.0 Å². The van der Waals surface area contributed by atoms with Crippen LogP contribution in [0.3, 0.4) is 0 Å². The fraction of sp³-hybridized carbons (Fsp3) is 0.381. The lowest BCUT2D eigenvalue weighted by Crippen LogP contribution is -2.22. The van der Waals surface area contributed by atoms with Crippen LogP contribution in [0.25, 0.3) is 0 Å². The van der Waals surface area contributed by atoms with Gasteiger partial charge >= 0.3 is 6.18 Å². The van der Waals surface area contributed by atoms with Gasteiger partial charge in [-0.05, 0) is 53.2 Å². The second-order valence-electron chi connectivity index (χ2n) is 7.65. The average molecular weight is 531 g/mol. The molecule has 2 heterocycles. The van der Waals surface area contributed by atoms with Gasteiger partial charge in [-0.2, -0.15) is 23.4 Å². The minimum atomic E-state index is -4.54. The number of benzene rings is 1. The first-order valence-corrected chi connectivity index (χ1v) is 11.3. The van der Waals surface area contributed by atoms with Crippen LogP contribution in [0, 0.1) is 0 Å². The molecule has 0 fully saturated rings. The van der Waals surface area contributed by atoms with Crippen LogP contribution in [0.2, 0.25) is 5.02 Å². The Balaban J connectivity index is 1.51. The van der Waals surface area contributed by atoms with E-state index >= 15 is 0 Å². The van der Waals surface area contributed by atoms with Crippen LogP contribution in [0.15, 0.2) is 34.9 Å². The number of fused-ring (bicyclic) bond motifs is 1. The zero-order valence-electron chi connectivity index (χ0n) is 16.9. The number of hydrogen-bond donors (Lipinski definition) is 1. The molecule has 0 saturated heterocycles. The van der Waals surface area contributed by atoms with Crippen molar-refractivity contribution in [3.63, 3.8) is 0 Å². The number of halogens is 5. The number of carbonyl (C=O) groups is 1. The summed E-state index contributed by atoms with van der Waals surface area (Å²) in [6.45, 7) is 0.0813. The quantitative estimate of drug-likeness (QED) is 0.445. The van der Waals surface area contributed by atoms with Gasteiger partial charge in [-0.15, -0.1) is 0 Å². The maximum Gasteiger partial charge on any atom is 0.435 e. The minimum Gasteiger partial charge on any atom is -0.307 e. The van der Waals surface area contributed by atoms with E-state index in [0.717, 1.165) is 18.4 Å². The van der Waals surface area contributed by atoms with Crippen LogP contribution in [0.4, 0.5) is 19.0 Å². The predicted octanol–water partition coefficient (Wildman–Crippen LogP) is 5.47. The van der Waals surface area contributed by atoms with E-state index in [1.807, 2.05) is 18.2 Å². The number of hydrogen-bond acceptors (Lipinski definition) is 3. The van der Waals surface area contributed by atoms with Crippen LogP contribution >= 0.6 is 27.5 Å². The number of alkyl halides is 3. The molecule has 32 heavy (non-hydrogen) atoms. The molecule has 0 bridgehead atoms. The van der Waals surface area contributed by atoms with E-state index in [4.69, 9.17) is 11.6 Å². The highest BCUT2D eigenvalue weighted by Gasteiger charge is 2.39. The fourth-order valence-corrected chi connectivity index (χ4v) is 4.49. The molecule has 1 amide bonds. The summed E-state index contributed by atoms with van der Waals surface area (Å²) in [4.78, 5) is 12.6. The molecular weight excluding hydrogens is 511 g/mol. The largest absolute Gasteiger partial charge is 0.435 e. The second kappa shape index (κ2) is 9.27. The monoisotopic (exact) mass is 529 g/mol. The van der Waals surface area contributed by atoms with Gasteiger partial charge in [0.1, 0.15) is 6.54 Å². The number of amides is 1. The summed E-state index contributed by atoms with van der Waals surface area (Å²) in [5.74, 6) is -0.228. The first-order valence-electron chi connectivity index (χ1n) is 10.1. The van der Waals surface area contributed by atoms with Gasteiger partial charge in [0.25, 0.3) is 0 Å². The lowest BCUT2D eigenvalue weighted by Gasteiger charge is -2.08. The van der Waals surface area contributed by atoms with Crippen molar-refractivity contribution in [1.82, 2.24) is 19.6 Å². The molecule has 0 atom stereocenters. The Morgan fingerprint density at radius 1 is 1.16 bits per heavy atom. The Hall–Kier alpha value is -2.33. The van der Waals surface area contributed by atoms with Crippen molar-refractivity contribution in [3.05, 3.63) is 62.5 Å². The molecule has 4 rings (SSSR count). The second-order valence-corrected chi connectivity index (χ2v) is 8.91. The fourth-order valence-electron chi connectivity index (χ4n) is 3.88. The normalized spacial score (nSPS) is 14.2. The summed E-state index contributed by atoms with van der Waals surface area (Å²) >= 11 is 9.55. The molecule has 1 aromatic carbocycles. The molecule has 0 radical (unpaired) electrons. The lowest BCUT2D eigenvalue weighted by atomic mass is 10.1. The van der Waals surface area contributed by atoms with Gasteiger partial charge in [0.05, 0.1) is 11.0 Å². The van der Waals surface area contributed by atoms with E-state index < -0.39 is 17.8 Å². The number of carbonyl (C=O) groups excluding carboxylic acids is 1. The molecule has 1 N–H and O–H groups in total. The smallest absolute Gasteiger partial charge is 0.307 e. The standard InChI is InChI=1S/C21H20BrClF3N5O/c22-15-11-30(10-13-6-4-5-8-16(13)23)29-20(15)27-18(32)12-31-17-9-3-1-2-7-14(17)19(28-31)21(24,25)26/h4-6,8,11H,1-3,7,9-10,12H2,(H,27,29,32). The van der Waals surface area contributed by atoms with Gasteiger partial charge < -0.3 is 5.32 Å². The molecule has 1 aliphatic carbocycles. The van der Waals surface area contributed by atoms with E-state index in [1.54, 1.807) is 16.9 Å². The van der Waals surface area contributed by atoms with Crippen LogP contribution in [-0.4, -0.2) is 25.5 Å². The number of anilines is 1. The van der Waals surface area contributed by atoms with Gasteiger partial charge in [-0.25, -0.2) is 0 Å². The maximum atomic E-state index is 13.5. The lowest BCUT2D eigenvalue weighted by molar-refractivity contribution is -0.142. The average Bonchev–Trinajstić information content (AvgIpc) is 3.12. The molecule has 0 unspecified atom stereocenters. The third-order valence-electron chi connectivity index (χ3n) is 5.33. The number of nitrogens with one attached hydrogen (secondary N) is 1. The highest BCUT2D eigenvalue weighted by atomic mass is 79.9. The van der Waals surface area contributed by atoms with E-state index in [2.05, 4.69) is 31.4 Å². The highest BCUT2D eigenvalue weighted by molar-refractivity contribution is 9.10. The number of rotatable bonds is 5. The summed E-state index contributed by atoms with van der Waals surface area (Å²) in [7, 11) is 0. The first-order chi connectivity index (χ1) is 15.2. The Labute approximate surface area is 195 Å². The predicted molar refractivity (Wildman–Crippen MR) is 118 cm³/mol. The van der Waals surface area contributed by atoms with Crippen LogP contribution in [-0.2, 0) is 36.9 Å². The van der Waals surface area contributed by atoms with E-state index in [0.29, 0.717) is 41.0 Å². The molecule has 170 valence electrons. The zero-order valence-corrected chi connectivity index (χ0v) is 19.3. The topological polar surface area (TPSA) is 64.7 Å². The summed E-state index contributed by atoms with van der Waals surface area (Å²) in [5, 5.41) is 11.4. The van der Waals surface area contributed by atoms with E-state index in [-0.39, 0.29) is 17.9 Å². The molecule has 2 aromatic heterocycles. The van der Waals surface area contributed by atoms with Crippen molar-refractivity contribution in [3.8, 4) is 0 Å². The summed E-state index contributed by atoms with van der Waals surface area (Å²) in [6, 6.07) is 7.35. The highest BCUT2D eigenvalue weighted by Crippen LogP contribution is 2.35. The Morgan fingerprint density at radius 3 is 2.66 bits per heavy atom. The van der Waals surface area contributed by atoms with Gasteiger partial charge in [-0.1, -0.05) is 36.2 Å². The number of aromatic nitrogens is 4. The summed E-state index contributed by atoms with van der Waals surface area (Å²) in [6.07, 6.45) is 0.260. The zero-order chi connectivity index (χ0) is 22.9. The third-order valence-corrected chi connectivity index (χ3v) is 6.28. The van der Waals surface area contributed by atoms with Crippen molar-refractivity contribution in [2.45, 2.75) is 51.4 Å². The van der Waals surface area contributed by atoms with Crippen molar-refractivity contribution in [1.29, 1.82) is 0 Å². The van der Waals surface area contributed by atoms with Crippen molar-refractivity contribution >= 4 is 39.3 Å². The summed E-state index contributed by atoms with van der Waals surface area (Å²) in [5.41, 5.74) is 0.689. The van der Waals surface area contributed by atoms with Crippen LogP contribution < -0.4 is 5.32 Å². The first kappa shape index (κ1) is 22.8. The van der Waals surface area contributed by atoms with Crippen LogP contribution in [0.1, 0.15) is 41.8 Å². The summed E-state index contributed by atoms with van der Waals surface area (Å²) < 4.78 is 43.7. The van der Waals surface area contributed by atoms with Crippen LogP contribution in [0.5, 0.6) is 0 Å². The van der Waals surface area contributed by atoms with Crippen molar-refractivity contribution in [2.75, 3.05) is 5.32 Å². The van der Waals surface area contributed by atoms with Gasteiger partial charge in [0, 0.05) is 22.5 Å². The van der Waals surface area contributed by atoms with Gasteiger partial charge in [0.15, 0.2) is 11.5 Å². The Morgan fingerprint density at radius 2 is 1.91 bits per heavy atom. The Kier molecular flexibility index (Phi) is 6.62. The molecule has 0 aliphatic heterocycles. The van der Waals surface area contributed by atoms with Crippen molar-refractivity contribution in [2.24, 2.45) is 0 Å². The SMILES string of the molecule is O=C(Cn1nc(C(F)(F)F)c2c1CCCCC2)Nc1nn(Cc2ccccc2Cl)cc1Br. The van der Waals surface area contributed by atoms with E-state index in [9.17, 15) is 18.0 Å². The molecular formula is C21H20BrClF3N5O. The minimum absolute atomic E-state index is 0.216. The maximum absolute atomic E-state index is 13.5. The Bertz CT molecular complexity index is 1140. The molecule has 0 spiro atoms. The van der Waals surface area contributed by atoms with E-state index in [1.165, 1.54) is 4.68 Å².